The van der Waals surface area contributed by atoms with Gasteiger partial charge >= 0.3 is 5.97 Å². The van der Waals surface area contributed by atoms with Gasteiger partial charge in [0.1, 0.15) is 6.10 Å². The Kier molecular flexibility index (Phi) is 8.75. The molecular weight excluding hydrogens is 433 g/mol. The minimum absolute atomic E-state index is 0. The predicted molar refractivity (Wildman–Crippen MR) is 108 cm³/mol. The van der Waals surface area contributed by atoms with Crippen LogP contribution < -0.4 is 10.6 Å². The standard InChI is InChI=1S/C18H31N3O3.HI/c1-2-19-18(21-15-12-14-9-10-16(15)23-14)20-11-5-8-17(22)24-13-6-3-4-7-13;/h13-16H,2-12H2,1H3,(H2,19,20,21);1H. The first-order chi connectivity index (χ1) is 11.7. The molecule has 2 aliphatic heterocycles. The zero-order valence-corrected chi connectivity index (χ0v) is 17.5. The molecule has 2 heterocycles. The van der Waals surface area contributed by atoms with Crippen LogP contribution in [0.3, 0.4) is 0 Å². The van der Waals surface area contributed by atoms with Gasteiger partial charge in [0.05, 0.1) is 18.2 Å². The summed E-state index contributed by atoms with van der Waals surface area (Å²) in [4.78, 5) is 16.4. The lowest BCUT2D eigenvalue weighted by molar-refractivity contribution is -0.148. The minimum Gasteiger partial charge on any atom is -0.462 e. The maximum absolute atomic E-state index is 11.8. The third-order valence-corrected chi connectivity index (χ3v) is 5.18. The number of carbonyl (C=O) groups is 1. The van der Waals surface area contributed by atoms with E-state index < -0.39 is 0 Å². The lowest BCUT2D eigenvalue weighted by Gasteiger charge is -2.22. The molecule has 3 aliphatic rings. The summed E-state index contributed by atoms with van der Waals surface area (Å²) in [5.74, 6) is 0.763. The van der Waals surface area contributed by atoms with Gasteiger partial charge in [-0.15, -0.1) is 24.0 Å². The number of esters is 1. The Morgan fingerprint density at radius 3 is 2.68 bits per heavy atom. The third-order valence-electron chi connectivity index (χ3n) is 5.18. The molecule has 6 nitrogen and oxygen atoms in total. The fourth-order valence-electron chi connectivity index (χ4n) is 3.95. The topological polar surface area (TPSA) is 72.0 Å². The van der Waals surface area contributed by atoms with Crippen LogP contribution in [0, 0.1) is 0 Å². The van der Waals surface area contributed by atoms with E-state index in [4.69, 9.17) is 9.47 Å². The van der Waals surface area contributed by atoms with E-state index in [9.17, 15) is 4.79 Å². The summed E-state index contributed by atoms with van der Waals surface area (Å²) in [5, 5.41) is 6.78. The number of halogens is 1. The summed E-state index contributed by atoms with van der Waals surface area (Å²) >= 11 is 0. The Labute approximate surface area is 167 Å². The molecule has 1 saturated carbocycles. The summed E-state index contributed by atoms with van der Waals surface area (Å²) < 4.78 is 11.3. The van der Waals surface area contributed by atoms with E-state index >= 15 is 0 Å². The Morgan fingerprint density at radius 2 is 2.04 bits per heavy atom. The zero-order valence-electron chi connectivity index (χ0n) is 15.2. The predicted octanol–water partition coefficient (Wildman–Crippen LogP) is 2.75. The molecule has 3 fully saturated rings. The van der Waals surface area contributed by atoms with Crippen molar-refractivity contribution < 1.29 is 14.3 Å². The first-order valence-corrected chi connectivity index (χ1v) is 9.64. The van der Waals surface area contributed by atoms with Gasteiger partial charge in [-0.1, -0.05) is 0 Å². The molecule has 0 radical (unpaired) electrons. The number of fused-ring (bicyclic) bond motifs is 2. The number of hydrogen-bond acceptors (Lipinski definition) is 4. The number of carbonyl (C=O) groups excluding carboxylic acids is 1. The van der Waals surface area contributed by atoms with Crippen LogP contribution in [0.5, 0.6) is 0 Å². The molecule has 25 heavy (non-hydrogen) atoms. The van der Waals surface area contributed by atoms with E-state index in [1.807, 2.05) is 0 Å². The van der Waals surface area contributed by atoms with Gasteiger partial charge in [0.2, 0.25) is 0 Å². The van der Waals surface area contributed by atoms with Crippen LogP contribution in [-0.2, 0) is 14.3 Å². The molecule has 3 rings (SSSR count). The van der Waals surface area contributed by atoms with E-state index in [2.05, 4.69) is 22.5 Å². The van der Waals surface area contributed by atoms with Crippen molar-refractivity contribution in [3.05, 3.63) is 0 Å². The summed E-state index contributed by atoms with van der Waals surface area (Å²) in [6.45, 7) is 3.53. The van der Waals surface area contributed by atoms with Crippen LogP contribution >= 0.6 is 24.0 Å². The molecule has 3 unspecified atom stereocenters. The molecule has 2 bridgehead atoms. The van der Waals surface area contributed by atoms with Crippen LogP contribution in [0.4, 0.5) is 0 Å². The third kappa shape index (κ3) is 6.27. The number of ether oxygens (including phenoxy) is 2. The van der Waals surface area contributed by atoms with E-state index in [0.717, 1.165) is 44.6 Å². The smallest absolute Gasteiger partial charge is 0.306 e. The van der Waals surface area contributed by atoms with Gasteiger partial charge in [-0.05, 0) is 58.3 Å². The highest BCUT2D eigenvalue weighted by Gasteiger charge is 2.41. The Hall–Kier alpha value is -0.570. The van der Waals surface area contributed by atoms with Crippen molar-refractivity contribution in [1.29, 1.82) is 0 Å². The number of guanidine groups is 1. The van der Waals surface area contributed by atoms with Crippen LogP contribution in [0.15, 0.2) is 4.99 Å². The zero-order chi connectivity index (χ0) is 16.8. The van der Waals surface area contributed by atoms with Crippen molar-refractivity contribution in [2.75, 3.05) is 13.1 Å². The first-order valence-electron chi connectivity index (χ1n) is 9.64. The first kappa shape index (κ1) is 20.7. The highest BCUT2D eigenvalue weighted by Crippen LogP contribution is 2.34. The highest BCUT2D eigenvalue weighted by atomic mass is 127. The quantitative estimate of drug-likeness (QED) is 0.199. The second-order valence-corrected chi connectivity index (χ2v) is 7.12. The van der Waals surface area contributed by atoms with Gasteiger partial charge < -0.3 is 20.1 Å². The molecule has 0 amide bonds. The average molecular weight is 465 g/mol. The molecule has 0 aromatic rings. The van der Waals surface area contributed by atoms with Gasteiger partial charge in [-0.25, -0.2) is 0 Å². The normalized spacial score (nSPS) is 28.7. The van der Waals surface area contributed by atoms with E-state index in [-0.39, 0.29) is 36.0 Å². The fourth-order valence-corrected chi connectivity index (χ4v) is 3.95. The molecular formula is C18H32IN3O3. The van der Waals surface area contributed by atoms with E-state index in [0.29, 0.717) is 31.2 Å². The number of aliphatic imine (C=N–C) groups is 1. The number of nitrogens with one attached hydrogen (secondary N) is 2. The fraction of sp³-hybridized carbons (Fsp3) is 0.889. The van der Waals surface area contributed by atoms with Crippen molar-refractivity contribution >= 4 is 35.9 Å². The van der Waals surface area contributed by atoms with E-state index in [1.165, 1.54) is 19.3 Å². The van der Waals surface area contributed by atoms with Crippen molar-refractivity contribution in [3.8, 4) is 0 Å². The molecule has 2 saturated heterocycles. The average Bonchev–Trinajstić information content (AvgIpc) is 3.29. The van der Waals surface area contributed by atoms with Crippen LogP contribution in [0.25, 0.3) is 0 Å². The summed E-state index contributed by atoms with van der Waals surface area (Å²) in [6.07, 6.45) is 9.97. The van der Waals surface area contributed by atoms with Gasteiger partial charge in [-0.3, -0.25) is 9.79 Å². The molecule has 0 spiro atoms. The summed E-state index contributed by atoms with van der Waals surface area (Å²) in [7, 11) is 0. The molecule has 2 N–H and O–H groups in total. The maximum atomic E-state index is 11.8. The van der Waals surface area contributed by atoms with Gasteiger partial charge in [0.15, 0.2) is 5.96 Å². The second-order valence-electron chi connectivity index (χ2n) is 7.12. The molecule has 144 valence electrons. The number of nitrogens with zero attached hydrogens (tertiary/aromatic N) is 1. The minimum atomic E-state index is -0.0726. The largest absolute Gasteiger partial charge is 0.462 e. The van der Waals surface area contributed by atoms with Crippen LogP contribution in [-0.4, -0.2) is 49.4 Å². The SMILES string of the molecule is CCNC(=NCCCC(=O)OC1CCCC1)NC1CC2CCC1O2.I. The Bertz CT molecular complexity index is 455. The lowest BCUT2D eigenvalue weighted by atomic mass is 9.96. The van der Waals surface area contributed by atoms with Crippen molar-refractivity contribution in [2.45, 2.75) is 89.1 Å². The van der Waals surface area contributed by atoms with Gasteiger partial charge in [0.25, 0.3) is 0 Å². The number of hydrogen-bond donors (Lipinski definition) is 2. The lowest BCUT2D eigenvalue weighted by Crippen LogP contribution is -2.47. The van der Waals surface area contributed by atoms with Crippen molar-refractivity contribution in [1.82, 2.24) is 10.6 Å². The monoisotopic (exact) mass is 465 g/mol. The molecule has 3 atom stereocenters. The van der Waals surface area contributed by atoms with Gasteiger partial charge in [0, 0.05) is 19.5 Å². The summed E-state index contributed by atoms with van der Waals surface area (Å²) in [5.41, 5.74) is 0. The van der Waals surface area contributed by atoms with Crippen LogP contribution in [0.2, 0.25) is 0 Å². The molecule has 1 aliphatic carbocycles. The van der Waals surface area contributed by atoms with Gasteiger partial charge in [-0.2, -0.15) is 0 Å². The Balaban J connectivity index is 0.00000225. The molecule has 7 heteroatoms. The van der Waals surface area contributed by atoms with Crippen molar-refractivity contribution in [3.63, 3.8) is 0 Å². The molecule has 0 aromatic carbocycles. The van der Waals surface area contributed by atoms with E-state index in [1.54, 1.807) is 0 Å². The van der Waals surface area contributed by atoms with Crippen LogP contribution in [0.1, 0.15) is 64.7 Å². The highest BCUT2D eigenvalue weighted by molar-refractivity contribution is 14.0. The maximum Gasteiger partial charge on any atom is 0.306 e. The summed E-state index contributed by atoms with van der Waals surface area (Å²) in [6, 6.07) is 0.369. The Morgan fingerprint density at radius 1 is 1.24 bits per heavy atom. The molecule has 0 aromatic heterocycles. The van der Waals surface area contributed by atoms with Crippen molar-refractivity contribution in [2.24, 2.45) is 4.99 Å². The number of rotatable bonds is 7. The second kappa shape index (κ2) is 10.5.